The Kier molecular flexibility index (Phi) is 5.28. The highest BCUT2D eigenvalue weighted by Crippen LogP contribution is 2.32. The summed E-state index contributed by atoms with van der Waals surface area (Å²) < 4.78 is 43.2. The minimum atomic E-state index is -4.52. The predicted octanol–water partition coefficient (Wildman–Crippen LogP) is 5.94. The molecule has 3 aromatic carbocycles. The summed E-state index contributed by atoms with van der Waals surface area (Å²) in [5.41, 5.74) is 1.04. The SMILES string of the molecule is CCn1cc(C=Nn2c(-c3cccc(C(F)(F)F)c3)nc3ccccc3c2=O)c2ccccc21. The second-order valence-corrected chi connectivity index (χ2v) is 7.78. The maximum absolute atomic E-state index is 13.3. The van der Waals surface area contributed by atoms with Gasteiger partial charge in [0.15, 0.2) is 5.82 Å². The molecule has 2 aromatic heterocycles. The molecule has 0 spiro atoms. The largest absolute Gasteiger partial charge is 0.416 e. The fraction of sp³-hybridized carbons (Fsp3) is 0.115. The third-order valence-corrected chi connectivity index (χ3v) is 5.67. The Labute approximate surface area is 192 Å². The molecule has 0 aliphatic heterocycles. The van der Waals surface area contributed by atoms with Gasteiger partial charge in [-0.05, 0) is 37.3 Å². The van der Waals surface area contributed by atoms with Crippen molar-refractivity contribution in [3.05, 3.63) is 100 Å². The van der Waals surface area contributed by atoms with Crippen LogP contribution in [0.15, 0.2) is 88.9 Å². The lowest BCUT2D eigenvalue weighted by Gasteiger charge is -2.12. The van der Waals surface area contributed by atoms with Gasteiger partial charge in [0.2, 0.25) is 0 Å². The van der Waals surface area contributed by atoms with Gasteiger partial charge in [0.05, 0.1) is 22.7 Å². The van der Waals surface area contributed by atoms with E-state index in [4.69, 9.17) is 0 Å². The number of rotatable bonds is 4. The zero-order valence-electron chi connectivity index (χ0n) is 18.1. The normalized spacial score (nSPS) is 12.2. The predicted molar refractivity (Wildman–Crippen MR) is 127 cm³/mol. The van der Waals surface area contributed by atoms with Gasteiger partial charge in [0.25, 0.3) is 5.56 Å². The van der Waals surface area contributed by atoms with Gasteiger partial charge in [-0.2, -0.15) is 22.9 Å². The van der Waals surface area contributed by atoms with Crippen LogP contribution in [0.5, 0.6) is 0 Å². The molecule has 5 aromatic rings. The molecule has 0 bridgehead atoms. The lowest BCUT2D eigenvalue weighted by molar-refractivity contribution is -0.137. The van der Waals surface area contributed by atoms with Crippen LogP contribution >= 0.6 is 0 Å². The average molecular weight is 460 g/mol. The molecule has 0 atom stereocenters. The number of halogens is 3. The van der Waals surface area contributed by atoms with Gasteiger partial charge in [-0.25, -0.2) is 4.98 Å². The summed E-state index contributed by atoms with van der Waals surface area (Å²) in [5, 5.41) is 5.69. The average Bonchev–Trinajstić information content (AvgIpc) is 3.21. The van der Waals surface area contributed by atoms with Crippen LogP contribution < -0.4 is 5.56 Å². The third-order valence-electron chi connectivity index (χ3n) is 5.67. The van der Waals surface area contributed by atoms with Crippen LogP contribution in [0.3, 0.4) is 0 Å². The first-order valence-corrected chi connectivity index (χ1v) is 10.7. The highest BCUT2D eigenvalue weighted by Gasteiger charge is 2.31. The van der Waals surface area contributed by atoms with Crippen LogP contribution in [0, 0.1) is 0 Å². The summed E-state index contributed by atoms with van der Waals surface area (Å²) in [7, 11) is 0. The fourth-order valence-electron chi connectivity index (χ4n) is 4.01. The first-order chi connectivity index (χ1) is 16.4. The van der Waals surface area contributed by atoms with Gasteiger partial charge in [0, 0.05) is 34.8 Å². The molecule has 0 N–H and O–H groups in total. The van der Waals surface area contributed by atoms with Crippen LogP contribution in [-0.2, 0) is 12.7 Å². The summed E-state index contributed by atoms with van der Waals surface area (Å²) in [4.78, 5) is 17.8. The number of aryl methyl sites for hydroxylation is 1. The van der Waals surface area contributed by atoms with Gasteiger partial charge in [-0.1, -0.05) is 42.5 Å². The van der Waals surface area contributed by atoms with Gasteiger partial charge < -0.3 is 4.57 Å². The molecule has 0 aliphatic carbocycles. The minimum absolute atomic E-state index is 0.0327. The lowest BCUT2D eigenvalue weighted by Crippen LogP contribution is -2.20. The van der Waals surface area contributed by atoms with Crippen molar-refractivity contribution in [2.24, 2.45) is 5.10 Å². The summed E-state index contributed by atoms with van der Waals surface area (Å²) >= 11 is 0. The standard InChI is InChI=1S/C26H19F3N4O/c1-2-32-16-18(20-10-4-6-13-23(20)32)15-30-33-24(17-8-7-9-19(14-17)26(27,28)29)31-22-12-5-3-11-21(22)25(33)34/h3-16H,2H2,1H3. The number of para-hydroxylation sites is 2. The van der Waals surface area contributed by atoms with E-state index in [1.165, 1.54) is 12.1 Å². The van der Waals surface area contributed by atoms with E-state index in [0.717, 1.165) is 39.8 Å². The molecule has 5 rings (SSSR count). The van der Waals surface area contributed by atoms with Gasteiger partial charge in [-0.15, -0.1) is 0 Å². The van der Waals surface area contributed by atoms with Crippen molar-refractivity contribution < 1.29 is 13.2 Å². The molecule has 2 heterocycles. The second kappa shape index (κ2) is 8.30. The van der Waals surface area contributed by atoms with E-state index in [0.29, 0.717) is 10.9 Å². The van der Waals surface area contributed by atoms with E-state index in [1.807, 2.05) is 37.4 Å². The number of nitrogens with zero attached hydrogens (tertiary/aromatic N) is 4. The van der Waals surface area contributed by atoms with Gasteiger partial charge in [0.1, 0.15) is 0 Å². The zero-order chi connectivity index (χ0) is 23.9. The molecule has 34 heavy (non-hydrogen) atoms. The van der Waals surface area contributed by atoms with Crippen molar-refractivity contribution in [3.8, 4) is 11.4 Å². The first kappa shape index (κ1) is 21.6. The van der Waals surface area contributed by atoms with Crippen molar-refractivity contribution >= 4 is 28.0 Å². The molecule has 8 heteroatoms. The Morgan fingerprint density at radius 2 is 1.71 bits per heavy atom. The molecule has 0 unspecified atom stereocenters. The highest BCUT2D eigenvalue weighted by molar-refractivity contribution is 5.99. The smallest absolute Gasteiger partial charge is 0.347 e. The van der Waals surface area contributed by atoms with Crippen molar-refractivity contribution in [2.45, 2.75) is 19.6 Å². The van der Waals surface area contributed by atoms with Crippen LogP contribution in [0.2, 0.25) is 0 Å². The summed E-state index contributed by atoms with van der Waals surface area (Å²) in [6.07, 6.45) is -1.05. The van der Waals surface area contributed by atoms with Crippen LogP contribution in [0.4, 0.5) is 13.2 Å². The molecule has 0 radical (unpaired) electrons. The number of fused-ring (bicyclic) bond motifs is 2. The molecule has 0 saturated heterocycles. The topological polar surface area (TPSA) is 52.2 Å². The molecule has 170 valence electrons. The van der Waals surface area contributed by atoms with Crippen LogP contribution in [0.1, 0.15) is 18.1 Å². The van der Waals surface area contributed by atoms with E-state index in [-0.39, 0.29) is 11.4 Å². The molecular weight excluding hydrogens is 441 g/mol. The number of hydrogen-bond acceptors (Lipinski definition) is 3. The van der Waals surface area contributed by atoms with Crippen LogP contribution in [0.25, 0.3) is 33.2 Å². The van der Waals surface area contributed by atoms with Crippen molar-refractivity contribution in [2.75, 3.05) is 0 Å². The Morgan fingerprint density at radius 1 is 0.971 bits per heavy atom. The number of hydrogen-bond donors (Lipinski definition) is 0. The lowest BCUT2D eigenvalue weighted by atomic mass is 10.1. The van der Waals surface area contributed by atoms with Crippen molar-refractivity contribution in [1.29, 1.82) is 0 Å². The summed E-state index contributed by atoms with van der Waals surface area (Å²) in [6, 6.07) is 19.2. The Bertz CT molecular complexity index is 1610. The molecule has 5 nitrogen and oxygen atoms in total. The quantitative estimate of drug-likeness (QED) is 0.312. The number of alkyl halides is 3. The van der Waals surface area contributed by atoms with E-state index in [9.17, 15) is 18.0 Å². The maximum Gasteiger partial charge on any atom is 0.416 e. The maximum atomic E-state index is 13.3. The van der Waals surface area contributed by atoms with Crippen molar-refractivity contribution in [1.82, 2.24) is 14.2 Å². The zero-order valence-corrected chi connectivity index (χ0v) is 18.1. The minimum Gasteiger partial charge on any atom is -0.347 e. The molecule has 0 saturated carbocycles. The van der Waals surface area contributed by atoms with Gasteiger partial charge >= 0.3 is 6.18 Å². The highest BCUT2D eigenvalue weighted by atomic mass is 19.4. The van der Waals surface area contributed by atoms with Gasteiger partial charge in [-0.3, -0.25) is 4.79 Å². The Morgan fingerprint density at radius 3 is 2.47 bits per heavy atom. The first-order valence-electron chi connectivity index (χ1n) is 10.7. The molecule has 0 aliphatic rings. The fourth-order valence-corrected chi connectivity index (χ4v) is 4.01. The Balaban J connectivity index is 1.73. The second-order valence-electron chi connectivity index (χ2n) is 7.78. The monoisotopic (exact) mass is 460 g/mol. The number of benzene rings is 3. The van der Waals surface area contributed by atoms with Crippen LogP contribution in [-0.4, -0.2) is 20.4 Å². The van der Waals surface area contributed by atoms with E-state index >= 15 is 0 Å². The molecule has 0 amide bonds. The van der Waals surface area contributed by atoms with E-state index < -0.39 is 17.3 Å². The summed E-state index contributed by atoms with van der Waals surface area (Å²) in [5.74, 6) is 0.0327. The Hall–Kier alpha value is -4.20. The van der Waals surface area contributed by atoms with Crippen molar-refractivity contribution in [3.63, 3.8) is 0 Å². The molecular formula is C26H19F3N4O. The third kappa shape index (κ3) is 3.77. The summed E-state index contributed by atoms with van der Waals surface area (Å²) in [6.45, 7) is 2.78. The number of aromatic nitrogens is 3. The molecule has 0 fully saturated rings. The van der Waals surface area contributed by atoms with E-state index in [2.05, 4.69) is 14.7 Å². The van der Waals surface area contributed by atoms with E-state index in [1.54, 1.807) is 30.5 Å².